The Balaban J connectivity index is 1.59. The van der Waals surface area contributed by atoms with E-state index in [1.54, 1.807) is 0 Å². The Kier molecular flexibility index (Phi) is 3.92. The topological polar surface area (TPSA) is 43.4 Å². The minimum absolute atomic E-state index is 0.0502. The van der Waals surface area contributed by atoms with E-state index in [1.807, 2.05) is 48.5 Å². The van der Waals surface area contributed by atoms with Crippen LogP contribution in [0.1, 0.15) is 60.4 Å². The van der Waals surface area contributed by atoms with Gasteiger partial charge >= 0.3 is 5.97 Å². The molecule has 27 heavy (non-hydrogen) atoms. The van der Waals surface area contributed by atoms with Crippen LogP contribution in [0.25, 0.3) is 0 Å². The summed E-state index contributed by atoms with van der Waals surface area (Å²) in [6.07, 6.45) is 6.89. The van der Waals surface area contributed by atoms with Gasteiger partial charge in [0, 0.05) is 11.5 Å². The highest BCUT2D eigenvalue weighted by atomic mass is 16.5. The SMILES string of the molecule is O=C1Oc2ccccc2[C@H]2[C@@H](C3CCCCC3)C[C@@]12C(=O)c1ccccc1. The first-order valence-corrected chi connectivity index (χ1v) is 10.1. The van der Waals surface area contributed by atoms with Crippen LogP contribution in [0.4, 0.5) is 0 Å². The number of Topliss-reactive ketones (excluding diaryl/α,β-unsaturated/α-hetero) is 1. The van der Waals surface area contributed by atoms with Gasteiger partial charge in [0.1, 0.15) is 11.2 Å². The van der Waals surface area contributed by atoms with Crippen molar-refractivity contribution in [1.82, 2.24) is 0 Å². The second-order valence-corrected chi connectivity index (χ2v) is 8.34. The average Bonchev–Trinajstić information content (AvgIpc) is 2.70. The van der Waals surface area contributed by atoms with E-state index in [0.717, 1.165) is 5.56 Å². The van der Waals surface area contributed by atoms with E-state index in [9.17, 15) is 9.59 Å². The Morgan fingerprint density at radius 2 is 1.63 bits per heavy atom. The van der Waals surface area contributed by atoms with Crippen LogP contribution in [0.5, 0.6) is 5.75 Å². The number of hydrogen-bond acceptors (Lipinski definition) is 3. The summed E-state index contributed by atoms with van der Waals surface area (Å²) >= 11 is 0. The summed E-state index contributed by atoms with van der Waals surface area (Å²) in [5, 5.41) is 0. The monoisotopic (exact) mass is 360 g/mol. The molecule has 5 rings (SSSR count). The van der Waals surface area contributed by atoms with Gasteiger partial charge in [-0.05, 0) is 29.9 Å². The molecule has 0 radical (unpaired) electrons. The molecule has 0 saturated heterocycles. The third-order valence-corrected chi connectivity index (χ3v) is 7.03. The van der Waals surface area contributed by atoms with Crippen molar-refractivity contribution in [2.75, 3.05) is 0 Å². The normalized spacial score (nSPS) is 29.9. The smallest absolute Gasteiger partial charge is 0.326 e. The Bertz CT molecular complexity index is 882. The molecule has 3 atom stereocenters. The molecular weight excluding hydrogens is 336 g/mol. The molecule has 0 aromatic heterocycles. The molecule has 2 fully saturated rings. The van der Waals surface area contributed by atoms with Gasteiger partial charge < -0.3 is 4.74 Å². The second kappa shape index (κ2) is 6.33. The van der Waals surface area contributed by atoms with Crippen LogP contribution >= 0.6 is 0 Å². The Labute approximate surface area is 159 Å². The van der Waals surface area contributed by atoms with Crippen molar-refractivity contribution in [3.05, 3.63) is 65.7 Å². The van der Waals surface area contributed by atoms with Gasteiger partial charge in [-0.3, -0.25) is 9.59 Å². The molecule has 3 aliphatic rings. The van der Waals surface area contributed by atoms with Gasteiger partial charge in [0.15, 0.2) is 5.78 Å². The van der Waals surface area contributed by atoms with E-state index in [1.165, 1.54) is 32.1 Å². The molecule has 0 spiro atoms. The summed E-state index contributed by atoms with van der Waals surface area (Å²) in [7, 11) is 0. The molecule has 2 aromatic rings. The van der Waals surface area contributed by atoms with Crippen LogP contribution < -0.4 is 4.74 Å². The van der Waals surface area contributed by atoms with Crippen LogP contribution in [0.15, 0.2) is 54.6 Å². The van der Waals surface area contributed by atoms with Gasteiger partial charge in [-0.2, -0.15) is 0 Å². The molecule has 3 heteroatoms. The Hall–Kier alpha value is -2.42. The minimum atomic E-state index is -1.04. The highest BCUT2D eigenvalue weighted by molar-refractivity contribution is 6.15. The standard InChI is InChI=1S/C24H24O3/c25-22(17-11-5-2-6-12-17)24-15-19(16-9-3-1-4-10-16)21(24)18-13-7-8-14-20(18)27-23(24)26/h2,5-8,11-14,16,19,21H,1,3-4,9-10,15H2/t19-,21+,24-/m1/s1. The number of esters is 1. The molecule has 2 aliphatic carbocycles. The predicted octanol–water partition coefficient (Wildman–Crippen LogP) is 5.16. The number of carbonyl (C=O) groups is 2. The molecule has 0 N–H and O–H groups in total. The highest BCUT2D eigenvalue weighted by Crippen LogP contribution is 2.66. The Morgan fingerprint density at radius 3 is 2.41 bits per heavy atom. The van der Waals surface area contributed by atoms with Crippen LogP contribution in [0, 0.1) is 17.3 Å². The molecule has 2 aromatic carbocycles. The maximum atomic E-state index is 13.5. The summed E-state index contributed by atoms with van der Waals surface area (Å²) < 4.78 is 5.69. The molecule has 1 heterocycles. The second-order valence-electron chi connectivity index (χ2n) is 8.34. The zero-order valence-electron chi connectivity index (χ0n) is 15.4. The van der Waals surface area contributed by atoms with Crippen molar-refractivity contribution in [2.24, 2.45) is 17.3 Å². The van der Waals surface area contributed by atoms with E-state index in [2.05, 4.69) is 6.07 Å². The van der Waals surface area contributed by atoms with Gasteiger partial charge in [-0.25, -0.2) is 0 Å². The molecule has 138 valence electrons. The van der Waals surface area contributed by atoms with E-state index < -0.39 is 5.41 Å². The van der Waals surface area contributed by atoms with Crippen LogP contribution in [-0.2, 0) is 4.79 Å². The van der Waals surface area contributed by atoms with Crippen molar-refractivity contribution in [3.63, 3.8) is 0 Å². The lowest BCUT2D eigenvalue weighted by atomic mass is 9.45. The molecule has 0 bridgehead atoms. The highest BCUT2D eigenvalue weighted by Gasteiger charge is 2.68. The lowest BCUT2D eigenvalue weighted by Gasteiger charge is -2.57. The molecule has 2 saturated carbocycles. The number of ether oxygens (including phenoxy) is 1. The summed E-state index contributed by atoms with van der Waals surface area (Å²) in [5.41, 5.74) is 0.613. The number of fused-ring (bicyclic) bond motifs is 3. The van der Waals surface area contributed by atoms with Crippen molar-refractivity contribution in [3.8, 4) is 5.75 Å². The van der Waals surface area contributed by atoms with Crippen molar-refractivity contribution in [2.45, 2.75) is 44.4 Å². The first-order valence-electron chi connectivity index (χ1n) is 10.1. The number of ketones is 1. The number of rotatable bonds is 3. The zero-order valence-corrected chi connectivity index (χ0v) is 15.4. The fourth-order valence-corrected chi connectivity index (χ4v) is 5.72. The van der Waals surface area contributed by atoms with Gasteiger partial charge in [-0.1, -0.05) is 80.6 Å². The maximum absolute atomic E-state index is 13.5. The fraction of sp³-hybridized carbons (Fsp3) is 0.417. The van der Waals surface area contributed by atoms with Gasteiger partial charge in [0.05, 0.1) is 0 Å². The molecule has 1 aliphatic heterocycles. The van der Waals surface area contributed by atoms with Crippen molar-refractivity contribution in [1.29, 1.82) is 0 Å². The lowest BCUT2D eigenvalue weighted by molar-refractivity contribution is -0.158. The quantitative estimate of drug-likeness (QED) is 0.329. The van der Waals surface area contributed by atoms with Crippen molar-refractivity contribution >= 4 is 11.8 Å². The lowest BCUT2D eigenvalue weighted by Crippen LogP contribution is -2.61. The van der Waals surface area contributed by atoms with Gasteiger partial charge in [0.25, 0.3) is 0 Å². The summed E-state index contributed by atoms with van der Waals surface area (Å²) in [6, 6.07) is 17.0. The third-order valence-electron chi connectivity index (χ3n) is 7.03. The molecule has 3 nitrogen and oxygen atoms in total. The Morgan fingerprint density at radius 1 is 0.926 bits per heavy atom. The molecule has 0 amide bonds. The number of carbonyl (C=O) groups excluding carboxylic acids is 2. The van der Waals surface area contributed by atoms with Crippen LogP contribution in [-0.4, -0.2) is 11.8 Å². The first kappa shape index (κ1) is 16.7. The number of benzene rings is 2. The third kappa shape index (κ3) is 2.40. The molecule has 0 unspecified atom stereocenters. The minimum Gasteiger partial charge on any atom is -0.425 e. The first-order chi connectivity index (χ1) is 13.2. The summed E-state index contributed by atoms with van der Waals surface area (Å²) in [4.78, 5) is 26.7. The predicted molar refractivity (Wildman–Crippen MR) is 103 cm³/mol. The van der Waals surface area contributed by atoms with Crippen molar-refractivity contribution < 1.29 is 14.3 Å². The maximum Gasteiger partial charge on any atom is 0.326 e. The summed E-state index contributed by atoms with van der Waals surface area (Å²) in [6.45, 7) is 0. The summed E-state index contributed by atoms with van der Waals surface area (Å²) in [5.74, 6) is 1.17. The fourth-order valence-electron chi connectivity index (χ4n) is 5.72. The van der Waals surface area contributed by atoms with Gasteiger partial charge in [0.2, 0.25) is 0 Å². The number of hydrogen-bond donors (Lipinski definition) is 0. The van der Waals surface area contributed by atoms with E-state index in [-0.39, 0.29) is 17.7 Å². The van der Waals surface area contributed by atoms with E-state index >= 15 is 0 Å². The van der Waals surface area contributed by atoms with Gasteiger partial charge in [-0.15, -0.1) is 0 Å². The average molecular weight is 360 g/mol. The largest absolute Gasteiger partial charge is 0.425 e. The van der Waals surface area contributed by atoms with Crippen LogP contribution in [0.3, 0.4) is 0 Å². The zero-order chi connectivity index (χ0) is 18.4. The van der Waals surface area contributed by atoms with E-state index in [0.29, 0.717) is 29.6 Å². The number of para-hydroxylation sites is 1. The van der Waals surface area contributed by atoms with Crippen LogP contribution in [0.2, 0.25) is 0 Å². The van der Waals surface area contributed by atoms with E-state index in [4.69, 9.17) is 4.74 Å². The molecular formula is C24H24O3.